The van der Waals surface area contributed by atoms with Gasteiger partial charge in [-0.3, -0.25) is 4.99 Å². The van der Waals surface area contributed by atoms with E-state index in [0.29, 0.717) is 11.7 Å². The lowest BCUT2D eigenvalue weighted by molar-refractivity contribution is 0.722. The molecule has 1 aliphatic heterocycles. The molecule has 5 rings (SSSR count). The standard InChI is InChI=1S/C24H26N6/c1-15(25)23-29-14-22(30-23)20-12-27-24(28-13-20)18-8-6-16(7-9-18)19-10-21(26-11-19)17-4-2-3-5-17/h6-9,11-15,17H,2-5,10,25H2,1H3,(H,29,30)/t15-/m0/s1. The molecule has 2 aromatic heterocycles. The predicted molar refractivity (Wildman–Crippen MR) is 120 cm³/mol. The number of hydrogen-bond donors (Lipinski definition) is 2. The number of H-pyrrole nitrogens is 1. The molecule has 1 atom stereocenters. The molecule has 6 heteroatoms. The van der Waals surface area contributed by atoms with Crippen molar-refractivity contribution in [2.75, 3.05) is 0 Å². The fourth-order valence-corrected chi connectivity index (χ4v) is 4.30. The van der Waals surface area contributed by atoms with Crippen LogP contribution in [0, 0.1) is 5.92 Å². The Morgan fingerprint density at radius 1 is 0.933 bits per heavy atom. The summed E-state index contributed by atoms with van der Waals surface area (Å²) in [6, 6.07) is 8.34. The van der Waals surface area contributed by atoms with Gasteiger partial charge in [-0.15, -0.1) is 0 Å². The first-order valence-corrected chi connectivity index (χ1v) is 10.7. The summed E-state index contributed by atoms with van der Waals surface area (Å²) in [7, 11) is 0. The van der Waals surface area contributed by atoms with E-state index in [1.807, 2.05) is 19.3 Å². The van der Waals surface area contributed by atoms with Gasteiger partial charge in [-0.1, -0.05) is 37.1 Å². The third-order valence-corrected chi connectivity index (χ3v) is 6.09. The van der Waals surface area contributed by atoms with Crippen molar-refractivity contribution in [2.24, 2.45) is 16.6 Å². The molecule has 1 aliphatic carbocycles. The van der Waals surface area contributed by atoms with Crippen molar-refractivity contribution in [1.29, 1.82) is 0 Å². The zero-order valence-corrected chi connectivity index (χ0v) is 17.2. The number of nitrogens with one attached hydrogen (secondary N) is 1. The molecule has 0 radical (unpaired) electrons. The van der Waals surface area contributed by atoms with Crippen LogP contribution in [0.2, 0.25) is 0 Å². The van der Waals surface area contributed by atoms with Crippen molar-refractivity contribution in [1.82, 2.24) is 19.9 Å². The molecule has 0 saturated heterocycles. The molecule has 0 spiro atoms. The number of rotatable bonds is 5. The van der Waals surface area contributed by atoms with E-state index in [4.69, 9.17) is 10.7 Å². The number of nitrogens with zero attached hydrogens (tertiary/aromatic N) is 4. The van der Waals surface area contributed by atoms with Crippen LogP contribution in [0.1, 0.15) is 56.5 Å². The van der Waals surface area contributed by atoms with Gasteiger partial charge in [0.05, 0.1) is 17.9 Å². The molecule has 0 bridgehead atoms. The third-order valence-electron chi connectivity index (χ3n) is 6.09. The Labute approximate surface area is 176 Å². The molecular formula is C24H26N6. The van der Waals surface area contributed by atoms with Crippen LogP contribution in [0.15, 0.2) is 54.0 Å². The molecule has 0 amide bonds. The summed E-state index contributed by atoms with van der Waals surface area (Å²) in [5.41, 5.74) is 12.5. The largest absolute Gasteiger partial charge is 0.341 e. The summed E-state index contributed by atoms with van der Waals surface area (Å²) in [5.74, 6) is 2.16. The molecule has 3 N–H and O–H groups in total. The minimum atomic E-state index is -0.132. The maximum Gasteiger partial charge on any atom is 0.159 e. The maximum atomic E-state index is 5.87. The highest BCUT2D eigenvalue weighted by atomic mass is 15.0. The highest BCUT2D eigenvalue weighted by Crippen LogP contribution is 2.34. The summed E-state index contributed by atoms with van der Waals surface area (Å²) in [6.07, 6.45) is 13.7. The molecule has 30 heavy (non-hydrogen) atoms. The van der Waals surface area contributed by atoms with Gasteiger partial charge >= 0.3 is 0 Å². The lowest BCUT2D eigenvalue weighted by Crippen LogP contribution is -2.08. The lowest BCUT2D eigenvalue weighted by Gasteiger charge is -2.10. The maximum absolute atomic E-state index is 5.87. The van der Waals surface area contributed by atoms with Gasteiger partial charge in [-0.2, -0.15) is 0 Å². The monoisotopic (exact) mass is 398 g/mol. The highest BCUT2D eigenvalue weighted by Gasteiger charge is 2.24. The van der Waals surface area contributed by atoms with E-state index in [9.17, 15) is 0 Å². The van der Waals surface area contributed by atoms with Gasteiger partial charge in [-0.05, 0) is 36.8 Å². The van der Waals surface area contributed by atoms with Crippen molar-refractivity contribution in [3.63, 3.8) is 0 Å². The molecule has 0 unspecified atom stereocenters. The van der Waals surface area contributed by atoms with Crippen LogP contribution in [0.3, 0.4) is 0 Å². The van der Waals surface area contributed by atoms with E-state index in [1.54, 1.807) is 6.20 Å². The van der Waals surface area contributed by atoms with Gasteiger partial charge in [0.2, 0.25) is 0 Å². The minimum Gasteiger partial charge on any atom is -0.341 e. The number of hydrogen-bond acceptors (Lipinski definition) is 5. The topological polar surface area (TPSA) is 92.8 Å². The second kappa shape index (κ2) is 7.95. The molecule has 1 saturated carbocycles. The van der Waals surface area contributed by atoms with Crippen LogP contribution in [0.5, 0.6) is 0 Å². The fourth-order valence-electron chi connectivity index (χ4n) is 4.30. The second-order valence-corrected chi connectivity index (χ2v) is 8.28. The fraction of sp³-hybridized carbons (Fsp3) is 0.333. The summed E-state index contributed by atoms with van der Waals surface area (Å²) >= 11 is 0. The summed E-state index contributed by atoms with van der Waals surface area (Å²) in [6.45, 7) is 1.90. The van der Waals surface area contributed by atoms with Crippen molar-refractivity contribution >= 4 is 11.3 Å². The Kier molecular flexibility index (Phi) is 5.01. The normalized spacial score (nSPS) is 17.8. The highest BCUT2D eigenvalue weighted by molar-refractivity contribution is 5.99. The van der Waals surface area contributed by atoms with Gasteiger partial charge in [0.1, 0.15) is 5.82 Å². The number of nitrogens with two attached hydrogens (primary N) is 1. The molecule has 3 aromatic rings. The van der Waals surface area contributed by atoms with E-state index in [2.05, 4.69) is 50.4 Å². The Morgan fingerprint density at radius 2 is 1.63 bits per heavy atom. The van der Waals surface area contributed by atoms with E-state index < -0.39 is 0 Å². The van der Waals surface area contributed by atoms with E-state index in [1.165, 1.54) is 42.5 Å². The number of aliphatic imine (C=N–C) groups is 1. The average Bonchev–Trinajstić information content (AvgIpc) is 3.55. The van der Waals surface area contributed by atoms with E-state index in [-0.39, 0.29) is 6.04 Å². The van der Waals surface area contributed by atoms with Gasteiger partial charge < -0.3 is 10.7 Å². The van der Waals surface area contributed by atoms with Crippen molar-refractivity contribution in [3.8, 4) is 22.6 Å². The van der Waals surface area contributed by atoms with Crippen LogP contribution in [0.25, 0.3) is 28.2 Å². The number of aromatic amines is 1. The van der Waals surface area contributed by atoms with Crippen molar-refractivity contribution in [3.05, 3.63) is 60.4 Å². The predicted octanol–water partition coefficient (Wildman–Crippen LogP) is 4.93. The van der Waals surface area contributed by atoms with E-state index >= 15 is 0 Å². The SMILES string of the molecule is C[C@H](N)c1ncc(-c2cnc(-c3ccc(C4=CN=C(C5CCCC5)C4)cc3)nc2)[nH]1. The molecule has 6 nitrogen and oxygen atoms in total. The quantitative estimate of drug-likeness (QED) is 0.637. The molecule has 2 aliphatic rings. The molecular weight excluding hydrogens is 372 g/mol. The summed E-state index contributed by atoms with van der Waals surface area (Å²) in [5, 5.41) is 0. The smallest absolute Gasteiger partial charge is 0.159 e. The number of imidazole rings is 1. The number of allylic oxidation sites excluding steroid dienone is 1. The lowest BCUT2D eigenvalue weighted by atomic mass is 9.94. The molecule has 1 aromatic carbocycles. The molecule has 152 valence electrons. The van der Waals surface area contributed by atoms with Crippen LogP contribution in [-0.4, -0.2) is 25.6 Å². The minimum absolute atomic E-state index is 0.132. The Bertz CT molecular complexity index is 1080. The van der Waals surface area contributed by atoms with Crippen LogP contribution in [-0.2, 0) is 0 Å². The summed E-state index contributed by atoms with van der Waals surface area (Å²) < 4.78 is 0. The van der Waals surface area contributed by atoms with Crippen LogP contribution < -0.4 is 5.73 Å². The first kappa shape index (κ1) is 18.9. The second-order valence-electron chi connectivity index (χ2n) is 8.28. The van der Waals surface area contributed by atoms with Crippen LogP contribution in [0.4, 0.5) is 0 Å². The van der Waals surface area contributed by atoms with Crippen LogP contribution >= 0.6 is 0 Å². The Hall–Kier alpha value is -3.12. The third kappa shape index (κ3) is 3.71. The van der Waals surface area contributed by atoms with Crippen molar-refractivity contribution in [2.45, 2.75) is 45.1 Å². The van der Waals surface area contributed by atoms with E-state index in [0.717, 1.165) is 29.1 Å². The Balaban J connectivity index is 1.27. The molecule has 1 fully saturated rings. The first-order valence-electron chi connectivity index (χ1n) is 10.7. The summed E-state index contributed by atoms with van der Waals surface area (Å²) in [4.78, 5) is 21.3. The van der Waals surface area contributed by atoms with Gasteiger partial charge in [-0.25, -0.2) is 15.0 Å². The zero-order chi connectivity index (χ0) is 20.5. The van der Waals surface area contributed by atoms with Gasteiger partial charge in [0.25, 0.3) is 0 Å². The average molecular weight is 399 g/mol. The zero-order valence-electron chi connectivity index (χ0n) is 17.2. The number of benzene rings is 1. The number of aromatic nitrogens is 4. The van der Waals surface area contributed by atoms with Crippen molar-refractivity contribution < 1.29 is 0 Å². The first-order chi connectivity index (χ1) is 14.7. The van der Waals surface area contributed by atoms with Gasteiger partial charge in [0, 0.05) is 41.9 Å². The Morgan fingerprint density at radius 3 is 2.30 bits per heavy atom. The van der Waals surface area contributed by atoms with Gasteiger partial charge in [0.15, 0.2) is 5.82 Å². The molecule has 3 heterocycles.